The van der Waals surface area contributed by atoms with E-state index in [9.17, 15) is 4.79 Å². The van der Waals surface area contributed by atoms with Crippen LogP contribution in [0.15, 0.2) is 18.2 Å². The minimum atomic E-state index is 0.163. The van der Waals surface area contributed by atoms with Crippen molar-refractivity contribution >= 4 is 29.0 Å². The Labute approximate surface area is 105 Å². The fourth-order valence-corrected chi connectivity index (χ4v) is 2.59. The normalized spacial score (nSPS) is 19.1. The fraction of sp³-hybridized carbons (Fsp3) is 0.417. The van der Waals surface area contributed by atoms with Crippen LogP contribution in [0.2, 0.25) is 10.0 Å². The number of likely N-dealkylation sites (tertiary alicyclic amines) is 1. The smallest absolute Gasteiger partial charge is 0.148 e. The quantitative estimate of drug-likeness (QED) is 0.810. The number of carbonyl (C=O) groups excluding carboxylic acids is 1. The first kappa shape index (κ1) is 11.9. The summed E-state index contributed by atoms with van der Waals surface area (Å²) in [4.78, 5) is 13.4. The van der Waals surface area contributed by atoms with E-state index in [1.165, 1.54) is 0 Å². The Bertz CT molecular complexity index is 419. The molecule has 1 aliphatic heterocycles. The molecule has 2 nitrogen and oxygen atoms in total. The van der Waals surface area contributed by atoms with E-state index in [0.29, 0.717) is 28.8 Å². The molecule has 16 heavy (non-hydrogen) atoms. The average molecular weight is 258 g/mol. The lowest BCUT2D eigenvalue weighted by Gasteiger charge is -2.24. The number of rotatable bonds is 2. The van der Waals surface area contributed by atoms with Crippen LogP contribution < -0.4 is 0 Å². The van der Waals surface area contributed by atoms with E-state index in [4.69, 9.17) is 23.2 Å². The van der Waals surface area contributed by atoms with Gasteiger partial charge < -0.3 is 0 Å². The van der Waals surface area contributed by atoms with Crippen LogP contribution >= 0.6 is 23.2 Å². The summed E-state index contributed by atoms with van der Waals surface area (Å²) in [5, 5.41) is 1.30. The van der Waals surface area contributed by atoms with Crippen molar-refractivity contribution in [3.8, 4) is 0 Å². The summed E-state index contributed by atoms with van der Waals surface area (Å²) < 4.78 is 0. The lowest BCUT2D eigenvalue weighted by molar-refractivity contribution is -0.117. The molecule has 1 aromatic rings. The first-order valence-electron chi connectivity index (χ1n) is 5.28. The van der Waals surface area contributed by atoms with Gasteiger partial charge in [0.15, 0.2) is 0 Å². The van der Waals surface area contributed by atoms with Crippen LogP contribution in [0.1, 0.15) is 24.9 Å². The topological polar surface area (TPSA) is 20.3 Å². The molecular weight excluding hydrogens is 245 g/mol. The van der Waals surface area contributed by atoms with Crippen LogP contribution in [0.3, 0.4) is 0 Å². The monoisotopic (exact) mass is 257 g/mol. The number of ketones is 1. The summed E-state index contributed by atoms with van der Waals surface area (Å²) >= 11 is 12.0. The van der Waals surface area contributed by atoms with Crippen LogP contribution in [-0.4, -0.2) is 23.8 Å². The first-order chi connectivity index (χ1) is 7.58. The number of hydrogen-bond donors (Lipinski definition) is 0. The Balaban J connectivity index is 2.20. The maximum atomic E-state index is 11.2. The number of carbonyl (C=O) groups is 1. The van der Waals surface area contributed by atoms with Crippen LogP contribution in [0.25, 0.3) is 0 Å². The van der Waals surface area contributed by atoms with Gasteiger partial charge in [-0.15, -0.1) is 0 Å². The van der Waals surface area contributed by atoms with Gasteiger partial charge in [0.05, 0.1) is 6.54 Å². The Morgan fingerprint density at radius 1 is 1.38 bits per heavy atom. The zero-order valence-corrected chi connectivity index (χ0v) is 10.6. The number of hydrogen-bond acceptors (Lipinski definition) is 2. The lowest BCUT2D eigenvalue weighted by atomic mass is 10.1. The zero-order valence-electron chi connectivity index (χ0n) is 9.04. The molecule has 0 spiro atoms. The molecule has 1 heterocycles. The Kier molecular flexibility index (Phi) is 3.53. The molecule has 1 aromatic carbocycles. The molecule has 1 unspecified atom stereocenters. The highest BCUT2D eigenvalue weighted by Gasteiger charge is 2.25. The van der Waals surface area contributed by atoms with Crippen molar-refractivity contribution in [2.24, 2.45) is 0 Å². The number of benzene rings is 1. The summed E-state index contributed by atoms with van der Waals surface area (Å²) in [7, 11) is 0. The third-order valence-electron chi connectivity index (χ3n) is 3.02. The summed E-state index contributed by atoms with van der Waals surface area (Å²) in [6.07, 6.45) is 0.648. The van der Waals surface area contributed by atoms with E-state index in [2.05, 4.69) is 11.8 Å². The molecular formula is C12H13Cl2NO. The highest BCUT2D eigenvalue weighted by molar-refractivity contribution is 6.35. The van der Waals surface area contributed by atoms with Crippen molar-refractivity contribution < 1.29 is 4.79 Å². The first-order valence-corrected chi connectivity index (χ1v) is 6.04. The molecule has 0 radical (unpaired) electrons. The largest absolute Gasteiger partial charge is 0.298 e. The van der Waals surface area contributed by atoms with Crippen LogP contribution in [-0.2, 0) is 4.79 Å². The molecule has 2 rings (SSSR count). The van der Waals surface area contributed by atoms with Crippen molar-refractivity contribution in [1.82, 2.24) is 4.90 Å². The molecule has 0 aromatic heterocycles. The van der Waals surface area contributed by atoms with Crippen LogP contribution in [0.5, 0.6) is 0 Å². The highest BCUT2D eigenvalue weighted by Crippen LogP contribution is 2.30. The summed E-state index contributed by atoms with van der Waals surface area (Å²) in [5.41, 5.74) is 1.03. The van der Waals surface area contributed by atoms with Gasteiger partial charge in [0.25, 0.3) is 0 Å². The molecule has 1 atom stereocenters. The van der Waals surface area contributed by atoms with Gasteiger partial charge in [-0.3, -0.25) is 9.69 Å². The summed E-state index contributed by atoms with van der Waals surface area (Å²) in [5.74, 6) is 0.303. The van der Waals surface area contributed by atoms with Gasteiger partial charge >= 0.3 is 0 Å². The average Bonchev–Trinajstić information content (AvgIpc) is 2.64. The van der Waals surface area contributed by atoms with Gasteiger partial charge in [0, 0.05) is 29.1 Å². The maximum absolute atomic E-state index is 11.2. The van der Waals surface area contributed by atoms with E-state index in [1.54, 1.807) is 6.07 Å². The third-order valence-corrected chi connectivity index (χ3v) is 3.58. The van der Waals surface area contributed by atoms with Gasteiger partial charge in [0.1, 0.15) is 5.78 Å². The molecule has 0 N–H and O–H groups in total. The standard InChI is InChI=1S/C12H13Cl2NO/c1-8(15-5-4-10(16)7-15)11-3-2-9(13)6-12(11)14/h2-3,6,8H,4-5,7H2,1H3. The number of Topliss-reactive ketones (excluding diaryl/α,β-unsaturated/α-hetero) is 1. The Morgan fingerprint density at radius 3 is 2.69 bits per heavy atom. The van der Waals surface area contributed by atoms with E-state index in [1.807, 2.05) is 12.1 Å². The SMILES string of the molecule is CC(c1ccc(Cl)cc1Cl)N1CCC(=O)C1. The molecule has 0 bridgehead atoms. The van der Waals surface area contributed by atoms with Crippen molar-refractivity contribution in [2.75, 3.05) is 13.1 Å². The van der Waals surface area contributed by atoms with Crippen molar-refractivity contribution in [1.29, 1.82) is 0 Å². The fourth-order valence-electron chi connectivity index (χ4n) is 2.02. The van der Waals surface area contributed by atoms with Gasteiger partial charge in [-0.2, -0.15) is 0 Å². The zero-order chi connectivity index (χ0) is 11.7. The summed E-state index contributed by atoms with van der Waals surface area (Å²) in [6.45, 7) is 3.41. The van der Waals surface area contributed by atoms with Crippen LogP contribution in [0, 0.1) is 0 Å². The van der Waals surface area contributed by atoms with Gasteiger partial charge in [0.2, 0.25) is 0 Å². The van der Waals surface area contributed by atoms with Gasteiger partial charge in [-0.1, -0.05) is 29.3 Å². The second kappa shape index (κ2) is 4.74. The van der Waals surface area contributed by atoms with E-state index < -0.39 is 0 Å². The molecule has 0 saturated carbocycles. The molecule has 86 valence electrons. The number of nitrogens with zero attached hydrogens (tertiary/aromatic N) is 1. The van der Waals surface area contributed by atoms with E-state index in [0.717, 1.165) is 12.1 Å². The van der Waals surface area contributed by atoms with E-state index >= 15 is 0 Å². The minimum absolute atomic E-state index is 0.163. The predicted octanol–water partition coefficient (Wildman–Crippen LogP) is 3.33. The Morgan fingerprint density at radius 2 is 2.12 bits per heavy atom. The van der Waals surface area contributed by atoms with E-state index in [-0.39, 0.29) is 6.04 Å². The van der Waals surface area contributed by atoms with Crippen LogP contribution in [0.4, 0.5) is 0 Å². The molecule has 1 aliphatic rings. The molecule has 1 saturated heterocycles. The van der Waals surface area contributed by atoms with Crippen molar-refractivity contribution in [3.63, 3.8) is 0 Å². The maximum Gasteiger partial charge on any atom is 0.148 e. The second-order valence-electron chi connectivity index (χ2n) is 4.10. The van der Waals surface area contributed by atoms with Crippen molar-refractivity contribution in [2.45, 2.75) is 19.4 Å². The summed E-state index contributed by atoms with van der Waals surface area (Å²) in [6, 6.07) is 5.67. The third kappa shape index (κ3) is 2.40. The molecule has 0 aliphatic carbocycles. The molecule has 0 amide bonds. The van der Waals surface area contributed by atoms with Gasteiger partial charge in [-0.05, 0) is 24.6 Å². The van der Waals surface area contributed by atoms with Crippen molar-refractivity contribution in [3.05, 3.63) is 33.8 Å². The lowest BCUT2D eigenvalue weighted by Crippen LogP contribution is -2.24. The number of halogens is 2. The second-order valence-corrected chi connectivity index (χ2v) is 4.94. The highest BCUT2D eigenvalue weighted by atomic mass is 35.5. The molecule has 1 fully saturated rings. The molecule has 4 heteroatoms. The van der Waals surface area contributed by atoms with Gasteiger partial charge in [-0.25, -0.2) is 0 Å². The minimum Gasteiger partial charge on any atom is -0.298 e. The Hall–Kier alpha value is -0.570. The predicted molar refractivity (Wildman–Crippen MR) is 66.1 cm³/mol.